The van der Waals surface area contributed by atoms with Gasteiger partial charge < -0.3 is 14.6 Å². The summed E-state index contributed by atoms with van der Waals surface area (Å²) in [5.74, 6) is -2.18. The first-order chi connectivity index (χ1) is 10.4. The van der Waals surface area contributed by atoms with E-state index in [4.69, 9.17) is 9.84 Å². The van der Waals surface area contributed by atoms with Crippen LogP contribution in [0, 0.1) is 5.92 Å². The minimum absolute atomic E-state index is 0.0781. The molecule has 1 N–H and O–H groups in total. The van der Waals surface area contributed by atoms with Gasteiger partial charge in [-0.1, -0.05) is 25.8 Å². The summed E-state index contributed by atoms with van der Waals surface area (Å²) in [5.41, 5.74) is -0.409. The van der Waals surface area contributed by atoms with Crippen LogP contribution in [0.1, 0.15) is 51.4 Å². The normalized spacial score (nSPS) is 20.0. The van der Waals surface area contributed by atoms with Gasteiger partial charge in [0.05, 0.1) is 6.42 Å². The summed E-state index contributed by atoms with van der Waals surface area (Å²) in [7, 11) is 0. The lowest BCUT2D eigenvalue weighted by molar-refractivity contribution is -0.157. The van der Waals surface area contributed by atoms with E-state index in [2.05, 4.69) is 11.3 Å². The molecule has 122 valence electrons. The fourth-order valence-electron chi connectivity index (χ4n) is 3.08. The average molecular weight is 310 g/mol. The number of ether oxygens (including phenoxy) is 2. The highest BCUT2D eigenvalue weighted by molar-refractivity contribution is 5.94. The molecule has 2 aliphatic carbocycles. The molecule has 0 bridgehead atoms. The van der Waals surface area contributed by atoms with Gasteiger partial charge in [-0.05, 0) is 31.6 Å². The molecule has 0 radical (unpaired) electrons. The van der Waals surface area contributed by atoms with Crippen LogP contribution in [0.25, 0.3) is 0 Å². The topological polar surface area (TPSA) is 89.9 Å². The van der Waals surface area contributed by atoms with Crippen molar-refractivity contribution in [1.82, 2.24) is 0 Å². The molecule has 6 nitrogen and oxygen atoms in total. The van der Waals surface area contributed by atoms with Crippen molar-refractivity contribution in [3.63, 3.8) is 0 Å². The molecule has 0 aromatic heterocycles. The summed E-state index contributed by atoms with van der Waals surface area (Å²) in [4.78, 5) is 33.8. The fraction of sp³-hybridized carbons (Fsp3) is 0.688. The summed E-state index contributed by atoms with van der Waals surface area (Å²) < 4.78 is 10.1. The Labute approximate surface area is 129 Å². The maximum atomic E-state index is 12.0. The Morgan fingerprint density at radius 3 is 2.32 bits per heavy atom. The molecule has 22 heavy (non-hydrogen) atoms. The standard InChI is InChI=1S/C16H22O6/c1-11(15(20)21-10-13(17)18)9-14(19)22-16(7-8-16)12-5-3-2-4-6-12/h12H,1-10H2,(H,17,18). The number of carbonyl (C=O) groups is 3. The van der Waals surface area contributed by atoms with Crippen LogP contribution in [0.3, 0.4) is 0 Å². The van der Waals surface area contributed by atoms with Crippen LogP contribution in [0.2, 0.25) is 0 Å². The number of esters is 2. The van der Waals surface area contributed by atoms with Crippen LogP contribution >= 0.6 is 0 Å². The number of hydrogen-bond donors (Lipinski definition) is 1. The Kier molecular flexibility index (Phi) is 5.21. The smallest absolute Gasteiger partial charge is 0.341 e. The molecule has 2 aliphatic rings. The second-order valence-electron chi connectivity index (χ2n) is 6.12. The van der Waals surface area contributed by atoms with Gasteiger partial charge in [0.25, 0.3) is 0 Å². The summed E-state index contributed by atoms with van der Waals surface area (Å²) >= 11 is 0. The molecule has 0 aliphatic heterocycles. The van der Waals surface area contributed by atoms with E-state index < -0.39 is 24.5 Å². The fourth-order valence-corrected chi connectivity index (χ4v) is 3.08. The maximum Gasteiger partial charge on any atom is 0.341 e. The van der Waals surface area contributed by atoms with E-state index in [1.54, 1.807) is 0 Å². The molecule has 0 aromatic carbocycles. The molecule has 0 heterocycles. The van der Waals surface area contributed by atoms with Crippen molar-refractivity contribution in [1.29, 1.82) is 0 Å². The van der Waals surface area contributed by atoms with E-state index in [0.717, 1.165) is 25.7 Å². The van der Waals surface area contributed by atoms with Gasteiger partial charge in [-0.3, -0.25) is 4.79 Å². The summed E-state index contributed by atoms with van der Waals surface area (Å²) in [6.07, 6.45) is 7.30. The lowest BCUT2D eigenvalue weighted by atomic mass is 9.83. The number of aliphatic carboxylic acids is 1. The van der Waals surface area contributed by atoms with Crippen molar-refractivity contribution < 1.29 is 29.0 Å². The third kappa shape index (κ3) is 4.32. The van der Waals surface area contributed by atoms with Crippen LogP contribution in [0.15, 0.2) is 12.2 Å². The minimum atomic E-state index is -1.25. The second kappa shape index (κ2) is 6.94. The summed E-state index contributed by atoms with van der Waals surface area (Å²) in [6.45, 7) is 2.73. The predicted octanol–water partition coefficient (Wildman–Crippen LogP) is 2.22. The monoisotopic (exact) mass is 310 g/mol. The average Bonchev–Trinajstić information content (AvgIpc) is 3.26. The van der Waals surface area contributed by atoms with Gasteiger partial charge in [-0.25, -0.2) is 9.59 Å². The van der Waals surface area contributed by atoms with Crippen molar-refractivity contribution in [3.8, 4) is 0 Å². The van der Waals surface area contributed by atoms with Gasteiger partial charge in [-0.2, -0.15) is 0 Å². The Hall–Kier alpha value is -1.85. The highest BCUT2D eigenvalue weighted by Gasteiger charge is 2.52. The molecule has 0 spiro atoms. The first-order valence-electron chi connectivity index (χ1n) is 7.71. The molecule has 0 aromatic rings. The van der Waals surface area contributed by atoms with Crippen LogP contribution in [0.5, 0.6) is 0 Å². The Morgan fingerprint density at radius 2 is 1.77 bits per heavy atom. The first kappa shape index (κ1) is 16.5. The van der Waals surface area contributed by atoms with E-state index >= 15 is 0 Å². The zero-order chi connectivity index (χ0) is 16.2. The third-order valence-corrected chi connectivity index (χ3v) is 4.38. The largest absolute Gasteiger partial charge is 0.479 e. The molecule has 0 atom stereocenters. The van der Waals surface area contributed by atoms with E-state index in [9.17, 15) is 14.4 Å². The van der Waals surface area contributed by atoms with Crippen LogP contribution in [-0.2, 0) is 23.9 Å². The molecule has 0 saturated heterocycles. The lowest BCUT2D eigenvalue weighted by Crippen LogP contribution is -2.31. The number of carboxylic acid groups (broad SMARTS) is 1. The third-order valence-electron chi connectivity index (χ3n) is 4.38. The summed E-state index contributed by atoms with van der Waals surface area (Å²) in [5, 5.41) is 8.43. The second-order valence-corrected chi connectivity index (χ2v) is 6.12. The Balaban J connectivity index is 1.78. The highest BCUT2D eigenvalue weighted by Crippen LogP contribution is 2.51. The minimum Gasteiger partial charge on any atom is -0.479 e. The van der Waals surface area contributed by atoms with E-state index in [-0.39, 0.29) is 17.6 Å². The zero-order valence-corrected chi connectivity index (χ0v) is 12.6. The van der Waals surface area contributed by atoms with Crippen molar-refractivity contribution in [2.45, 2.75) is 57.0 Å². The quantitative estimate of drug-likeness (QED) is 0.573. The molecular weight excluding hydrogens is 288 g/mol. The molecule has 2 saturated carbocycles. The highest BCUT2D eigenvalue weighted by atomic mass is 16.6. The van der Waals surface area contributed by atoms with Crippen molar-refractivity contribution in [3.05, 3.63) is 12.2 Å². The van der Waals surface area contributed by atoms with Gasteiger partial charge in [0.15, 0.2) is 6.61 Å². The van der Waals surface area contributed by atoms with Gasteiger partial charge >= 0.3 is 17.9 Å². The van der Waals surface area contributed by atoms with Gasteiger partial charge in [0, 0.05) is 5.57 Å². The van der Waals surface area contributed by atoms with Crippen LogP contribution in [0.4, 0.5) is 0 Å². The predicted molar refractivity (Wildman–Crippen MR) is 77.0 cm³/mol. The number of rotatable bonds is 7. The SMILES string of the molecule is C=C(CC(=O)OC1(C2CCCCC2)CC1)C(=O)OCC(=O)O. The number of carbonyl (C=O) groups excluding carboxylic acids is 2. The zero-order valence-electron chi connectivity index (χ0n) is 12.6. The van der Waals surface area contributed by atoms with Crippen molar-refractivity contribution in [2.75, 3.05) is 6.61 Å². The van der Waals surface area contributed by atoms with Crippen LogP contribution in [-0.4, -0.2) is 35.2 Å². The van der Waals surface area contributed by atoms with E-state index in [0.29, 0.717) is 5.92 Å². The van der Waals surface area contributed by atoms with Crippen molar-refractivity contribution in [2.24, 2.45) is 5.92 Å². The molecule has 6 heteroatoms. The van der Waals surface area contributed by atoms with Gasteiger partial charge in [-0.15, -0.1) is 0 Å². The number of carboxylic acids is 1. The maximum absolute atomic E-state index is 12.0. The van der Waals surface area contributed by atoms with Crippen LogP contribution < -0.4 is 0 Å². The first-order valence-corrected chi connectivity index (χ1v) is 7.71. The van der Waals surface area contributed by atoms with Gasteiger partial charge in [0.1, 0.15) is 5.60 Å². The molecule has 2 fully saturated rings. The molecule has 0 unspecified atom stereocenters. The lowest BCUT2D eigenvalue weighted by Gasteiger charge is -2.30. The van der Waals surface area contributed by atoms with Crippen molar-refractivity contribution >= 4 is 17.9 Å². The Morgan fingerprint density at radius 1 is 1.14 bits per heavy atom. The summed E-state index contributed by atoms with van der Waals surface area (Å²) in [6, 6.07) is 0. The van der Waals surface area contributed by atoms with Gasteiger partial charge in [0.2, 0.25) is 0 Å². The van der Waals surface area contributed by atoms with E-state index in [1.807, 2.05) is 0 Å². The Bertz CT molecular complexity index is 471. The molecular formula is C16H22O6. The molecule has 2 rings (SSSR count). The number of hydrogen-bond acceptors (Lipinski definition) is 5. The van der Waals surface area contributed by atoms with E-state index in [1.165, 1.54) is 19.3 Å². The molecule has 0 amide bonds.